The molecule has 1 aliphatic heterocycles. The van der Waals surface area contributed by atoms with E-state index in [0.29, 0.717) is 50.2 Å². The molecule has 1 amide bonds. The van der Waals surface area contributed by atoms with Crippen LogP contribution < -0.4 is 9.47 Å². The third kappa shape index (κ3) is 5.70. The number of benzene rings is 2. The van der Waals surface area contributed by atoms with Crippen molar-refractivity contribution in [1.29, 1.82) is 0 Å². The van der Waals surface area contributed by atoms with E-state index >= 15 is 0 Å². The Labute approximate surface area is 196 Å². The average Bonchev–Trinajstić information content (AvgIpc) is 2.96. The largest absolute Gasteiger partial charge is 0.493 e. The zero-order valence-electron chi connectivity index (χ0n) is 16.6. The van der Waals surface area contributed by atoms with Crippen LogP contribution in [-0.4, -0.2) is 35.4 Å². The smallest absolute Gasteiger partial charge is 0.265 e. The molecule has 0 N–H and O–H groups in total. The van der Waals surface area contributed by atoms with Gasteiger partial charge in [0.2, 0.25) is 0 Å². The monoisotopic (exact) mass is 481 g/mol. The molecule has 1 fully saturated rings. The Bertz CT molecular complexity index is 954. The Kier molecular flexibility index (Phi) is 8.06. The van der Waals surface area contributed by atoms with Crippen molar-refractivity contribution < 1.29 is 14.3 Å². The van der Waals surface area contributed by atoms with Crippen molar-refractivity contribution in [3.63, 3.8) is 0 Å². The van der Waals surface area contributed by atoms with Crippen molar-refractivity contribution in [3.05, 3.63) is 62.5 Å². The van der Waals surface area contributed by atoms with Gasteiger partial charge < -0.3 is 9.47 Å². The molecule has 2 aromatic carbocycles. The van der Waals surface area contributed by atoms with Gasteiger partial charge in [-0.2, -0.15) is 0 Å². The standard InChI is InChI=1S/C22H21Cl2NO3S2/c1-3-14-5-7-16(8-6-14)27-9-4-10-28-20-17(23)11-15(12-18(20)24)13-19-21(26)25(2)22(29)30-19/h5-8,11-13H,3-4,9-10H2,1-2H3/b19-13-. The fourth-order valence-corrected chi connectivity index (χ4v) is 4.53. The molecular weight excluding hydrogens is 461 g/mol. The molecule has 0 bridgehead atoms. The van der Waals surface area contributed by atoms with Crippen molar-refractivity contribution in [2.75, 3.05) is 20.3 Å². The van der Waals surface area contributed by atoms with Gasteiger partial charge in [-0.15, -0.1) is 0 Å². The summed E-state index contributed by atoms with van der Waals surface area (Å²) >= 11 is 19.1. The molecule has 1 heterocycles. The van der Waals surface area contributed by atoms with Crippen LogP contribution in [0.15, 0.2) is 41.3 Å². The molecule has 0 aromatic heterocycles. The van der Waals surface area contributed by atoms with E-state index in [1.165, 1.54) is 22.2 Å². The van der Waals surface area contributed by atoms with Crippen LogP contribution in [0.25, 0.3) is 6.08 Å². The van der Waals surface area contributed by atoms with E-state index in [4.69, 9.17) is 44.9 Å². The maximum absolute atomic E-state index is 12.1. The number of aryl methyl sites for hydroxylation is 1. The molecule has 1 saturated heterocycles. The number of rotatable bonds is 8. The van der Waals surface area contributed by atoms with Crippen molar-refractivity contribution in [2.45, 2.75) is 19.8 Å². The van der Waals surface area contributed by atoms with E-state index in [2.05, 4.69) is 19.1 Å². The summed E-state index contributed by atoms with van der Waals surface area (Å²) in [6.07, 6.45) is 3.41. The molecule has 1 aliphatic rings. The molecule has 0 aliphatic carbocycles. The first-order chi connectivity index (χ1) is 14.4. The highest BCUT2D eigenvalue weighted by Crippen LogP contribution is 2.37. The zero-order valence-corrected chi connectivity index (χ0v) is 19.8. The molecular formula is C22H21Cl2NO3S2. The number of carbonyl (C=O) groups is 1. The molecule has 2 aromatic rings. The first-order valence-electron chi connectivity index (χ1n) is 9.44. The summed E-state index contributed by atoms with van der Waals surface area (Å²) in [5.74, 6) is 1.12. The minimum absolute atomic E-state index is 0.137. The van der Waals surface area contributed by atoms with Gasteiger partial charge in [0.25, 0.3) is 5.91 Å². The molecule has 0 spiro atoms. The summed E-state index contributed by atoms with van der Waals surface area (Å²) in [6.45, 7) is 3.06. The molecule has 158 valence electrons. The highest BCUT2D eigenvalue weighted by molar-refractivity contribution is 8.26. The first kappa shape index (κ1) is 22.9. The third-order valence-corrected chi connectivity index (χ3v) is 6.49. The molecule has 0 atom stereocenters. The third-order valence-electron chi connectivity index (χ3n) is 4.44. The fraction of sp³-hybridized carbons (Fsp3) is 0.273. The topological polar surface area (TPSA) is 38.8 Å². The Morgan fingerprint density at radius 3 is 2.30 bits per heavy atom. The second-order valence-corrected chi connectivity index (χ2v) is 9.09. The Morgan fingerprint density at radius 1 is 1.10 bits per heavy atom. The van der Waals surface area contributed by atoms with Crippen LogP contribution in [-0.2, 0) is 11.2 Å². The number of thiocarbonyl (C=S) groups is 1. The van der Waals surface area contributed by atoms with Crippen molar-refractivity contribution in [2.24, 2.45) is 0 Å². The number of halogens is 2. The number of hydrogen-bond donors (Lipinski definition) is 0. The van der Waals surface area contributed by atoms with Crippen molar-refractivity contribution >= 4 is 63.5 Å². The quantitative estimate of drug-likeness (QED) is 0.253. The van der Waals surface area contributed by atoms with Gasteiger partial charge in [-0.3, -0.25) is 9.69 Å². The van der Waals surface area contributed by atoms with E-state index in [0.717, 1.165) is 12.2 Å². The van der Waals surface area contributed by atoms with E-state index in [1.54, 1.807) is 25.3 Å². The summed E-state index contributed by atoms with van der Waals surface area (Å²) < 4.78 is 12.0. The fourth-order valence-electron chi connectivity index (χ4n) is 2.74. The van der Waals surface area contributed by atoms with Crippen LogP contribution in [0.2, 0.25) is 10.0 Å². The lowest BCUT2D eigenvalue weighted by atomic mass is 10.2. The van der Waals surface area contributed by atoms with Crippen LogP contribution in [0.4, 0.5) is 0 Å². The van der Waals surface area contributed by atoms with Crippen molar-refractivity contribution in [1.82, 2.24) is 4.90 Å². The van der Waals surface area contributed by atoms with Gasteiger partial charge in [0.15, 0.2) is 5.75 Å². The summed E-state index contributed by atoms with van der Waals surface area (Å²) in [6, 6.07) is 11.5. The maximum Gasteiger partial charge on any atom is 0.265 e. The molecule has 3 rings (SSSR count). The Balaban J connectivity index is 1.54. The average molecular weight is 482 g/mol. The van der Waals surface area contributed by atoms with Crippen LogP contribution >= 0.6 is 47.2 Å². The van der Waals surface area contributed by atoms with Crippen LogP contribution in [0.5, 0.6) is 11.5 Å². The van der Waals surface area contributed by atoms with Gasteiger partial charge in [-0.1, -0.05) is 66.2 Å². The van der Waals surface area contributed by atoms with E-state index in [9.17, 15) is 4.79 Å². The summed E-state index contributed by atoms with van der Waals surface area (Å²) in [7, 11) is 1.65. The van der Waals surface area contributed by atoms with Crippen LogP contribution in [0, 0.1) is 0 Å². The Morgan fingerprint density at radius 2 is 1.73 bits per heavy atom. The molecule has 0 radical (unpaired) electrons. The minimum Gasteiger partial charge on any atom is -0.493 e. The molecule has 0 saturated carbocycles. The number of carbonyl (C=O) groups excluding carboxylic acids is 1. The number of nitrogens with zero attached hydrogens (tertiary/aromatic N) is 1. The summed E-state index contributed by atoms with van der Waals surface area (Å²) in [5, 5.41) is 0.772. The van der Waals surface area contributed by atoms with E-state index in [-0.39, 0.29) is 5.91 Å². The number of likely N-dealkylation sites (N-methyl/N-ethyl adjacent to an activating group) is 1. The zero-order chi connectivity index (χ0) is 21.7. The second kappa shape index (κ2) is 10.5. The van der Waals surface area contributed by atoms with Gasteiger partial charge in [-0.25, -0.2) is 0 Å². The second-order valence-electron chi connectivity index (χ2n) is 6.60. The Hall–Kier alpha value is -1.73. The van der Waals surface area contributed by atoms with E-state index in [1.807, 2.05) is 12.1 Å². The number of amides is 1. The lowest BCUT2D eigenvalue weighted by molar-refractivity contribution is -0.121. The van der Waals surface area contributed by atoms with Crippen LogP contribution in [0.3, 0.4) is 0 Å². The molecule has 30 heavy (non-hydrogen) atoms. The predicted molar refractivity (Wildman–Crippen MR) is 129 cm³/mol. The first-order valence-corrected chi connectivity index (χ1v) is 11.4. The highest BCUT2D eigenvalue weighted by atomic mass is 35.5. The van der Waals surface area contributed by atoms with Gasteiger partial charge in [0.1, 0.15) is 10.1 Å². The van der Waals surface area contributed by atoms with E-state index < -0.39 is 0 Å². The van der Waals surface area contributed by atoms with Crippen LogP contribution in [0.1, 0.15) is 24.5 Å². The number of ether oxygens (including phenoxy) is 2. The normalized spacial score (nSPS) is 15.2. The highest BCUT2D eigenvalue weighted by Gasteiger charge is 2.28. The molecule has 0 unspecified atom stereocenters. The molecule has 8 heteroatoms. The van der Waals surface area contributed by atoms with Crippen molar-refractivity contribution in [3.8, 4) is 11.5 Å². The van der Waals surface area contributed by atoms with Gasteiger partial charge in [0.05, 0.1) is 28.2 Å². The van der Waals surface area contributed by atoms with Gasteiger partial charge in [0, 0.05) is 13.5 Å². The van der Waals surface area contributed by atoms with Gasteiger partial charge >= 0.3 is 0 Å². The number of thioether (sulfide) groups is 1. The maximum atomic E-state index is 12.1. The number of hydrogen-bond acceptors (Lipinski definition) is 5. The predicted octanol–water partition coefficient (Wildman–Crippen LogP) is 6.23. The lowest BCUT2D eigenvalue weighted by Crippen LogP contribution is -2.22. The van der Waals surface area contributed by atoms with Gasteiger partial charge in [-0.05, 0) is 47.9 Å². The minimum atomic E-state index is -0.137. The summed E-state index contributed by atoms with van der Waals surface area (Å²) in [4.78, 5) is 14.1. The summed E-state index contributed by atoms with van der Waals surface area (Å²) in [5.41, 5.74) is 1.99. The SMILES string of the molecule is CCc1ccc(OCCCOc2c(Cl)cc(/C=C3\SC(=S)N(C)C3=O)cc2Cl)cc1. The lowest BCUT2D eigenvalue weighted by Gasteiger charge is -2.12. The molecule has 4 nitrogen and oxygen atoms in total.